The van der Waals surface area contributed by atoms with Crippen LogP contribution in [0.15, 0.2) is 48.0 Å². The molecule has 0 atom stereocenters. The smallest absolute Gasteiger partial charge is 0.270 e. The molecule has 2 fully saturated rings. The molecule has 4 heterocycles. The topological polar surface area (TPSA) is 118 Å². The number of piperazine rings is 1. The molecule has 0 aliphatic carbocycles. The van der Waals surface area contributed by atoms with E-state index in [-0.39, 0.29) is 17.5 Å². The van der Waals surface area contributed by atoms with Crippen LogP contribution in [-0.4, -0.2) is 76.7 Å². The Balaban J connectivity index is 1.42. The summed E-state index contributed by atoms with van der Waals surface area (Å²) >= 11 is 0. The summed E-state index contributed by atoms with van der Waals surface area (Å²) in [5, 5.41) is 6.60. The van der Waals surface area contributed by atoms with Crippen molar-refractivity contribution in [3.63, 3.8) is 0 Å². The number of piperidine rings is 1. The number of rotatable bonds is 6. The molecule has 2 saturated heterocycles. The second kappa shape index (κ2) is 10.3. The zero-order valence-corrected chi connectivity index (χ0v) is 20.3. The lowest BCUT2D eigenvalue weighted by Gasteiger charge is -2.32. The highest BCUT2D eigenvalue weighted by Crippen LogP contribution is 2.32. The number of methoxy groups -OCH3 is 1. The van der Waals surface area contributed by atoms with Gasteiger partial charge in [0.2, 0.25) is 11.9 Å². The summed E-state index contributed by atoms with van der Waals surface area (Å²) in [5.74, 6) is 0.930. The molecular formula is C25H30N8O3. The molecule has 1 amide bonds. The maximum absolute atomic E-state index is 12.9. The van der Waals surface area contributed by atoms with Gasteiger partial charge in [0.05, 0.1) is 25.2 Å². The van der Waals surface area contributed by atoms with Gasteiger partial charge in [-0.05, 0) is 31.1 Å². The fourth-order valence-corrected chi connectivity index (χ4v) is 4.84. The second-order valence-electron chi connectivity index (χ2n) is 8.88. The number of hydrogen-bond donors (Lipinski definition) is 2. The van der Waals surface area contributed by atoms with Gasteiger partial charge >= 0.3 is 0 Å². The highest BCUT2D eigenvalue weighted by atomic mass is 16.5. The van der Waals surface area contributed by atoms with Crippen LogP contribution in [-0.2, 0) is 4.79 Å². The molecule has 11 heteroatoms. The number of aromatic nitrogens is 4. The fraction of sp³-hybridized carbons (Fsp3) is 0.400. The number of benzene rings is 1. The molecular weight excluding hydrogens is 460 g/mol. The van der Waals surface area contributed by atoms with E-state index in [0.29, 0.717) is 48.8 Å². The van der Waals surface area contributed by atoms with Crippen molar-refractivity contribution < 1.29 is 9.53 Å². The highest BCUT2D eigenvalue weighted by Gasteiger charge is 2.25. The Morgan fingerprint density at radius 2 is 1.94 bits per heavy atom. The molecule has 36 heavy (non-hydrogen) atoms. The van der Waals surface area contributed by atoms with Crippen molar-refractivity contribution in [2.45, 2.75) is 18.9 Å². The molecule has 0 radical (unpaired) electrons. The van der Waals surface area contributed by atoms with Crippen molar-refractivity contribution >= 4 is 34.4 Å². The van der Waals surface area contributed by atoms with E-state index >= 15 is 0 Å². The van der Waals surface area contributed by atoms with E-state index in [2.05, 4.69) is 37.1 Å². The largest absolute Gasteiger partial charge is 0.494 e. The number of amides is 1. The van der Waals surface area contributed by atoms with Crippen LogP contribution >= 0.6 is 0 Å². The van der Waals surface area contributed by atoms with Crippen molar-refractivity contribution in [2.24, 2.45) is 0 Å². The number of nitrogens with zero attached hydrogens (tertiary/aromatic N) is 6. The normalized spacial score (nSPS) is 16.7. The van der Waals surface area contributed by atoms with Crippen LogP contribution in [0.5, 0.6) is 5.75 Å². The third kappa shape index (κ3) is 4.74. The van der Waals surface area contributed by atoms with E-state index in [0.717, 1.165) is 37.6 Å². The quantitative estimate of drug-likeness (QED) is 0.498. The third-order valence-electron chi connectivity index (χ3n) is 6.76. The number of ether oxygens (including phenoxy) is 1. The zero-order chi connectivity index (χ0) is 25.1. The maximum atomic E-state index is 12.9. The molecule has 1 aromatic carbocycles. The van der Waals surface area contributed by atoms with Crippen LogP contribution in [0.1, 0.15) is 18.9 Å². The lowest BCUT2D eigenvalue weighted by atomic mass is 10.0. The first-order valence-corrected chi connectivity index (χ1v) is 12.1. The van der Waals surface area contributed by atoms with Gasteiger partial charge in [-0.25, -0.2) is 9.97 Å². The lowest BCUT2D eigenvalue weighted by Crippen LogP contribution is -2.43. The first-order valence-electron chi connectivity index (χ1n) is 12.1. The molecule has 5 rings (SSSR count). The summed E-state index contributed by atoms with van der Waals surface area (Å²) in [6, 6.07) is 5.91. The summed E-state index contributed by atoms with van der Waals surface area (Å²) in [7, 11) is 1.63. The first kappa shape index (κ1) is 23.7. The van der Waals surface area contributed by atoms with E-state index in [1.807, 2.05) is 18.2 Å². The number of likely N-dealkylation sites (tertiary alicyclic amines) is 1. The molecule has 0 unspecified atom stereocenters. The molecule has 2 aliphatic rings. The third-order valence-corrected chi connectivity index (χ3v) is 6.76. The minimum Gasteiger partial charge on any atom is -0.494 e. The van der Waals surface area contributed by atoms with E-state index in [4.69, 9.17) is 4.74 Å². The van der Waals surface area contributed by atoms with E-state index in [9.17, 15) is 9.59 Å². The molecule has 11 nitrogen and oxygen atoms in total. The zero-order valence-electron chi connectivity index (χ0n) is 20.3. The van der Waals surface area contributed by atoms with Crippen LogP contribution in [0.4, 0.5) is 17.3 Å². The molecule has 2 aromatic heterocycles. The van der Waals surface area contributed by atoms with Gasteiger partial charge in [-0.3, -0.25) is 14.2 Å². The van der Waals surface area contributed by atoms with Gasteiger partial charge in [0, 0.05) is 57.1 Å². The lowest BCUT2D eigenvalue weighted by molar-refractivity contribution is -0.127. The second-order valence-corrected chi connectivity index (χ2v) is 8.88. The van der Waals surface area contributed by atoms with Gasteiger partial charge in [-0.1, -0.05) is 6.58 Å². The Hall–Kier alpha value is -3.99. The van der Waals surface area contributed by atoms with Gasteiger partial charge in [-0.15, -0.1) is 0 Å². The Kier molecular flexibility index (Phi) is 6.81. The van der Waals surface area contributed by atoms with Crippen molar-refractivity contribution in [3.05, 3.63) is 53.6 Å². The van der Waals surface area contributed by atoms with E-state index < -0.39 is 0 Å². The van der Waals surface area contributed by atoms with Gasteiger partial charge in [0.15, 0.2) is 5.65 Å². The summed E-state index contributed by atoms with van der Waals surface area (Å²) in [4.78, 5) is 42.2. The first-order chi connectivity index (χ1) is 17.6. The van der Waals surface area contributed by atoms with Crippen LogP contribution in [0.3, 0.4) is 0 Å². The van der Waals surface area contributed by atoms with Crippen molar-refractivity contribution in [2.75, 3.05) is 56.6 Å². The summed E-state index contributed by atoms with van der Waals surface area (Å²) in [6.07, 6.45) is 5.53. The van der Waals surface area contributed by atoms with Crippen LogP contribution < -0.4 is 25.8 Å². The van der Waals surface area contributed by atoms with Crippen LogP contribution in [0, 0.1) is 0 Å². The molecule has 2 aliphatic heterocycles. The fourth-order valence-electron chi connectivity index (χ4n) is 4.84. The summed E-state index contributed by atoms with van der Waals surface area (Å²) < 4.78 is 7.32. The summed E-state index contributed by atoms with van der Waals surface area (Å²) in [6.45, 7) is 8.45. The molecule has 188 valence electrons. The molecule has 0 spiro atoms. The standard InChI is InChI=1S/C25H30N8O3/c1-3-22(34)32-10-6-17(7-11-32)33-23(35)16-27-20-15-28-25(30-24(20)33)29-19-5-4-18(14-21(19)36-2)31-12-8-26-9-13-31/h3-5,14-17,26H,1,6-13H2,2H3,(H,28,29,30). The molecule has 3 aromatic rings. The monoisotopic (exact) mass is 490 g/mol. The van der Waals surface area contributed by atoms with E-state index in [1.54, 1.807) is 22.8 Å². The SMILES string of the molecule is C=CC(=O)N1CCC(n2c(=O)cnc3cnc(Nc4ccc(N5CCNCC5)cc4OC)nc32)CC1. The average Bonchev–Trinajstić information content (AvgIpc) is 2.93. The summed E-state index contributed by atoms with van der Waals surface area (Å²) in [5.41, 5.74) is 2.59. The van der Waals surface area contributed by atoms with Gasteiger partial charge < -0.3 is 25.2 Å². The molecule has 0 bridgehead atoms. The number of carbonyl (C=O) groups excluding carboxylic acids is 1. The Labute approximate surface area is 208 Å². The number of nitrogens with one attached hydrogen (secondary N) is 2. The van der Waals surface area contributed by atoms with Gasteiger partial charge in [0.25, 0.3) is 5.56 Å². The highest BCUT2D eigenvalue weighted by molar-refractivity contribution is 5.87. The Morgan fingerprint density at radius 3 is 2.67 bits per heavy atom. The predicted octanol–water partition coefficient (Wildman–Crippen LogP) is 1.70. The van der Waals surface area contributed by atoms with Gasteiger partial charge in [-0.2, -0.15) is 4.98 Å². The number of fused-ring (bicyclic) bond motifs is 1. The Bertz CT molecular complexity index is 1330. The van der Waals surface area contributed by atoms with E-state index in [1.165, 1.54) is 12.3 Å². The number of anilines is 3. The number of carbonyl (C=O) groups is 1. The average molecular weight is 491 g/mol. The maximum Gasteiger partial charge on any atom is 0.270 e. The molecule has 0 saturated carbocycles. The number of hydrogen-bond acceptors (Lipinski definition) is 9. The van der Waals surface area contributed by atoms with Crippen molar-refractivity contribution in [3.8, 4) is 5.75 Å². The minimum absolute atomic E-state index is 0.0903. The van der Waals surface area contributed by atoms with Gasteiger partial charge in [0.1, 0.15) is 11.3 Å². The predicted molar refractivity (Wildman–Crippen MR) is 138 cm³/mol. The van der Waals surface area contributed by atoms with Crippen molar-refractivity contribution in [1.29, 1.82) is 0 Å². The van der Waals surface area contributed by atoms with Crippen LogP contribution in [0.2, 0.25) is 0 Å². The van der Waals surface area contributed by atoms with Crippen LogP contribution in [0.25, 0.3) is 11.2 Å². The Morgan fingerprint density at radius 1 is 1.17 bits per heavy atom. The van der Waals surface area contributed by atoms with Crippen molar-refractivity contribution in [1.82, 2.24) is 29.7 Å². The molecule has 2 N–H and O–H groups in total. The minimum atomic E-state index is -0.224.